The van der Waals surface area contributed by atoms with Crippen LogP contribution in [-0.4, -0.2) is 36.1 Å². The van der Waals surface area contributed by atoms with E-state index in [-0.39, 0.29) is 30.9 Å². The number of aromatic nitrogens is 1. The first kappa shape index (κ1) is 21.6. The maximum Gasteiger partial charge on any atom is 0.148 e. The number of halogens is 5. The third-order valence-electron chi connectivity index (χ3n) is 4.65. The van der Waals surface area contributed by atoms with E-state index in [1.54, 1.807) is 6.20 Å². The van der Waals surface area contributed by atoms with Gasteiger partial charge in [0, 0.05) is 44.0 Å². The summed E-state index contributed by atoms with van der Waals surface area (Å²) in [5, 5.41) is 4.93. The summed E-state index contributed by atoms with van der Waals surface area (Å²) in [6.45, 7) is 4.07. The summed E-state index contributed by atoms with van der Waals surface area (Å²) in [7, 11) is 0. The van der Waals surface area contributed by atoms with Crippen molar-refractivity contribution >= 4 is 59.6 Å². The molecular weight excluding hydrogens is 399 g/mol. The van der Waals surface area contributed by atoms with Gasteiger partial charge in [0.1, 0.15) is 5.15 Å². The Hall–Kier alpha value is 0.520. The molecule has 1 saturated heterocycles. The number of hydrogen-bond donors (Lipinski definition) is 1. The Morgan fingerprint density at radius 2 is 1.70 bits per heavy atom. The zero-order chi connectivity index (χ0) is 14.8. The van der Waals surface area contributed by atoms with Gasteiger partial charge in [-0.2, -0.15) is 0 Å². The SMILES string of the molecule is Cl.Cl.Clc1cnc(Cl)c(Cl)c1[C@H](C1CCCC1)N1CCNCC1. The second-order valence-electron chi connectivity index (χ2n) is 5.90. The van der Waals surface area contributed by atoms with E-state index in [0.717, 1.165) is 31.7 Å². The second kappa shape index (κ2) is 9.86. The maximum absolute atomic E-state index is 6.47. The fourth-order valence-electron chi connectivity index (χ4n) is 3.68. The Labute approximate surface area is 165 Å². The van der Waals surface area contributed by atoms with Crippen LogP contribution in [0.2, 0.25) is 15.2 Å². The zero-order valence-corrected chi connectivity index (χ0v) is 16.6. The molecule has 1 aliphatic heterocycles. The molecule has 2 heterocycles. The van der Waals surface area contributed by atoms with Gasteiger partial charge in [-0.25, -0.2) is 4.98 Å². The molecule has 1 atom stereocenters. The highest BCUT2D eigenvalue weighted by atomic mass is 35.5. The van der Waals surface area contributed by atoms with Crippen molar-refractivity contribution in [2.45, 2.75) is 31.7 Å². The molecule has 1 aliphatic carbocycles. The molecule has 132 valence electrons. The largest absolute Gasteiger partial charge is 0.314 e. The normalized spacial score (nSPS) is 20.7. The van der Waals surface area contributed by atoms with Gasteiger partial charge in [0.2, 0.25) is 0 Å². The van der Waals surface area contributed by atoms with E-state index >= 15 is 0 Å². The molecule has 0 radical (unpaired) electrons. The highest BCUT2D eigenvalue weighted by molar-refractivity contribution is 6.43. The predicted octanol–water partition coefficient (Wildman–Crippen LogP) is 5.02. The predicted molar refractivity (Wildman–Crippen MR) is 103 cm³/mol. The Morgan fingerprint density at radius 1 is 1.09 bits per heavy atom. The van der Waals surface area contributed by atoms with Crippen LogP contribution in [0.15, 0.2) is 6.20 Å². The minimum atomic E-state index is 0. The molecule has 2 fully saturated rings. The number of hydrogen-bond acceptors (Lipinski definition) is 3. The Balaban J connectivity index is 0.00000132. The third kappa shape index (κ3) is 4.78. The summed E-state index contributed by atoms with van der Waals surface area (Å²) < 4.78 is 0. The molecular formula is C15H22Cl5N3. The molecule has 1 saturated carbocycles. The quantitative estimate of drug-likeness (QED) is 0.695. The lowest BCUT2D eigenvalue weighted by molar-refractivity contribution is 0.125. The van der Waals surface area contributed by atoms with Crippen molar-refractivity contribution in [2.24, 2.45) is 5.92 Å². The van der Waals surface area contributed by atoms with Crippen LogP contribution in [0.5, 0.6) is 0 Å². The molecule has 1 aromatic heterocycles. The van der Waals surface area contributed by atoms with Gasteiger partial charge in [-0.05, 0) is 18.8 Å². The molecule has 0 unspecified atom stereocenters. The lowest BCUT2D eigenvalue weighted by atomic mass is 9.90. The van der Waals surface area contributed by atoms with Crippen LogP contribution in [0.25, 0.3) is 0 Å². The van der Waals surface area contributed by atoms with Gasteiger partial charge < -0.3 is 5.32 Å². The van der Waals surface area contributed by atoms with Gasteiger partial charge in [0.25, 0.3) is 0 Å². The van der Waals surface area contributed by atoms with Crippen molar-refractivity contribution in [3.8, 4) is 0 Å². The summed E-state index contributed by atoms with van der Waals surface area (Å²) >= 11 is 19.1. The van der Waals surface area contributed by atoms with Crippen LogP contribution in [0.4, 0.5) is 0 Å². The molecule has 1 N–H and O–H groups in total. The van der Waals surface area contributed by atoms with Gasteiger partial charge in [0.05, 0.1) is 10.0 Å². The molecule has 2 aliphatic rings. The first-order chi connectivity index (χ1) is 10.2. The highest BCUT2D eigenvalue weighted by Crippen LogP contribution is 2.45. The van der Waals surface area contributed by atoms with Gasteiger partial charge in [-0.1, -0.05) is 47.6 Å². The van der Waals surface area contributed by atoms with E-state index in [9.17, 15) is 0 Å². The van der Waals surface area contributed by atoms with Crippen molar-refractivity contribution in [1.29, 1.82) is 0 Å². The molecule has 8 heteroatoms. The maximum atomic E-state index is 6.47. The number of pyridine rings is 1. The summed E-state index contributed by atoms with van der Waals surface area (Å²) in [5.74, 6) is 0.608. The van der Waals surface area contributed by atoms with Crippen molar-refractivity contribution in [3.05, 3.63) is 27.0 Å². The Kier molecular flexibility index (Phi) is 9.25. The number of piperazine rings is 1. The average molecular weight is 422 g/mol. The second-order valence-corrected chi connectivity index (χ2v) is 7.04. The van der Waals surface area contributed by atoms with E-state index in [2.05, 4.69) is 15.2 Å². The van der Waals surface area contributed by atoms with Crippen LogP contribution >= 0.6 is 59.6 Å². The molecule has 0 aromatic carbocycles. The third-order valence-corrected chi connectivity index (χ3v) is 5.72. The summed E-state index contributed by atoms with van der Waals surface area (Å²) in [6.07, 6.45) is 6.69. The van der Waals surface area contributed by atoms with Crippen molar-refractivity contribution in [1.82, 2.24) is 15.2 Å². The van der Waals surface area contributed by atoms with Crippen LogP contribution < -0.4 is 5.32 Å². The van der Waals surface area contributed by atoms with Crippen molar-refractivity contribution < 1.29 is 0 Å². The van der Waals surface area contributed by atoms with Crippen LogP contribution in [0, 0.1) is 5.92 Å². The molecule has 23 heavy (non-hydrogen) atoms. The van der Waals surface area contributed by atoms with Crippen molar-refractivity contribution in [2.75, 3.05) is 26.2 Å². The number of nitrogens with zero attached hydrogens (tertiary/aromatic N) is 2. The van der Waals surface area contributed by atoms with E-state index < -0.39 is 0 Å². The standard InChI is InChI=1S/C15H20Cl3N3.2ClH/c16-11-9-20-15(18)13(17)12(11)14(10-3-1-2-4-10)21-7-5-19-6-8-21;;/h9-10,14,19H,1-8H2;2*1H/t14-;;/m0../s1. The Bertz CT molecular complexity index is 502. The lowest BCUT2D eigenvalue weighted by Crippen LogP contribution is -2.46. The molecule has 1 aromatic rings. The molecule has 3 rings (SSSR count). The van der Waals surface area contributed by atoms with E-state index in [0.29, 0.717) is 21.1 Å². The van der Waals surface area contributed by atoms with E-state index in [1.165, 1.54) is 25.7 Å². The fourth-order valence-corrected chi connectivity index (χ4v) is 4.39. The zero-order valence-electron chi connectivity index (χ0n) is 12.7. The fraction of sp³-hybridized carbons (Fsp3) is 0.667. The number of nitrogens with one attached hydrogen (secondary N) is 1. The van der Waals surface area contributed by atoms with Gasteiger partial charge in [-0.15, -0.1) is 24.8 Å². The Morgan fingerprint density at radius 3 is 2.30 bits per heavy atom. The smallest absolute Gasteiger partial charge is 0.148 e. The lowest BCUT2D eigenvalue weighted by Gasteiger charge is -2.39. The van der Waals surface area contributed by atoms with E-state index in [1.807, 2.05) is 0 Å². The molecule has 0 amide bonds. The van der Waals surface area contributed by atoms with Crippen molar-refractivity contribution in [3.63, 3.8) is 0 Å². The molecule has 0 spiro atoms. The monoisotopic (exact) mass is 419 g/mol. The van der Waals surface area contributed by atoms with Gasteiger partial charge in [-0.3, -0.25) is 4.90 Å². The number of rotatable bonds is 3. The summed E-state index contributed by atoms with van der Waals surface area (Å²) in [6, 6.07) is 0.259. The minimum Gasteiger partial charge on any atom is -0.314 e. The van der Waals surface area contributed by atoms with Gasteiger partial charge in [0.15, 0.2) is 0 Å². The topological polar surface area (TPSA) is 28.2 Å². The van der Waals surface area contributed by atoms with Crippen LogP contribution in [-0.2, 0) is 0 Å². The first-order valence-electron chi connectivity index (χ1n) is 7.62. The summed E-state index contributed by atoms with van der Waals surface area (Å²) in [4.78, 5) is 6.57. The van der Waals surface area contributed by atoms with E-state index in [4.69, 9.17) is 34.8 Å². The van der Waals surface area contributed by atoms with Crippen LogP contribution in [0.1, 0.15) is 37.3 Å². The van der Waals surface area contributed by atoms with Gasteiger partial charge >= 0.3 is 0 Å². The highest BCUT2D eigenvalue weighted by Gasteiger charge is 2.35. The summed E-state index contributed by atoms with van der Waals surface area (Å²) in [5.41, 5.74) is 0.979. The molecule has 3 nitrogen and oxygen atoms in total. The average Bonchev–Trinajstić information content (AvgIpc) is 3.02. The molecule has 0 bridgehead atoms. The van der Waals surface area contributed by atoms with Crippen LogP contribution in [0.3, 0.4) is 0 Å². The first-order valence-corrected chi connectivity index (χ1v) is 8.76. The minimum absolute atomic E-state index is 0.